The monoisotopic (exact) mass is 443 g/mol. The van der Waals surface area contributed by atoms with Crippen molar-refractivity contribution in [3.8, 4) is 5.69 Å². The molecule has 0 bridgehead atoms. The molecule has 33 heavy (non-hydrogen) atoms. The van der Waals surface area contributed by atoms with Crippen molar-refractivity contribution in [2.45, 2.75) is 31.8 Å². The number of benzene rings is 2. The molecule has 0 saturated carbocycles. The minimum absolute atomic E-state index is 0.195. The third-order valence-corrected chi connectivity index (χ3v) is 5.84. The highest BCUT2D eigenvalue weighted by Crippen LogP contribution is 2.31. The van der Waals surface area contributed by atoms with E-state index in [1.165, 1.54) is 29.5 Å². The summed E-state index contributed by atoms with van der Waals surface area (Å²) in [4.78, 5) is 27.9. The summed E-state index contributed by atoms with van der Waals surface area (Å²) < 4.78 is 3.29. The van der Waals surface area contributed by atoms with Crippen LogP contribution in [-0.4, -0.2) is 35.4 Å². The molecular weight excluding hydrogens is 422 g/mol. The second-order valence-electron chi connectivity index (χ2n) is 7.91. The van der Waals surface area contributed by atoms with Crippen LogP contribution < -0.4 is 5.32 Å². The highest BCUT2D eigenvalue weighted by Gasteiger charge is 2.27. The number of aromatic nitrogens is 5. The van der Waals surface area contributed by atoms with Crippen LogP contribution in [0.15, 0.2) is 67.4 Å². The van der Waals surface area contributed by atoms with E-state index in [0.29, 0.717) is 6.54 Å². The SMILES string of the molecule is O=C(N[C@@H]1CCCc2c1cnn2Cc1ccccc1)c1ccc(-n2cncn2)c([N+](=O)[O-])c1. The fraction of sp³-hybridized carbons (Fsp3) is 0.217. The van der Waals surface area contributed by atoms with Gasteiger partial charge < -0.3 is 5.32 Å². The second kappa shape index (κ2) is 8.65. The predicted octanol–water partition coefficient (Wildman–Crippen LogP) is 3.23. The van der Waals surface area contributed by atoms with Crippen molar-refractivity contribution in [2.75, 3.05) is 0 Å². The Hall–Kier alpha value is -4.34. The molecule has 0 unspecified atom stereocenters. The van der Waals surface area contributed by atoms with Crippen LogP contribution in [0.4, 0.5) is 5.69 Å². The number of nitro groups is 1. The molecule has 2 aromatic carbocycles. The van der Waals surface area contributed by atoms with Gasteiger partial charge in [0.1, 0.15) is 18.3 Å². The number of amides is 1. The van der Waals surface area contributed by atoms with Crippen molar-refractivity contribution in [3.63, 3.8) is 0 Å². The minimum Gasteiger partial charge on any atom is -0.345 e. The topological polar surface area (TPSA) is 121 Å². The van der Waals surface area contributed by atoms with Gasteiger partial charge in [-0.25, -0.2) is 9.67 Å². The van der Waals surface area contributed by atoms with Crippen LogP contribution in [-0.2, 0) is 13.0 Å². The molecule has 1 atom stereocenters. The zero-order valence-electron chi connectivity index (χ0n) is 17.7. The predicted molar refractivity (Wildman–Crippen MR) is 119 cm³/mol. The maximum absolute atomic E-state index is 13.0. The normalized spacial score (nSPS) is 15.1. The van der Waals surface area contributed by atoms with E-state index in [9.17, 15) is 14.9 Å². The van der Waals surface area contributed by atoms with E-state index in [1.807, 2.05) is 29.1 Å². The van der Waals surface area contributed by atoms with Crippen LogP contribution in [0, 0.1) is 10.1 Å². The molecule has 1 aliphatic rings. The van der Waals surface area contributed by atoms with Gasteiger partial charge in [-0.05, 0) is 37.0 Å². The first-order chi connectivity index (χ1) is 16.1. The standard InChI is InChI=1S/C23H21N7O3/c31-23(17-9-10-21(22(11-17)30(32)33)29-15-24-14-26-29)27-19-7-4-8-20-18(19)12-25-28(20)13-16-5-2-1-3-6-16/h1-3,5-6,9-12,14-15,19H,4,7-8,13H2,(H,27,31)/t19-/m1/s1. The molecule has 1 amide bonds. The first-order valence-corrected chi connectivity index (χ1v) is 10.6. The smallest absolute Gasteiger partial charge is 0.295 e. The van der Waals surface area contributed by atoms with E-state index in [-0.39, 0.29) is 28.9 Å². The van der Waals surface area contributed by atoms with Gasteiger partial charge in [0.05, 0.1) is 23.7 Å². The molecule has 166 valence electrons. The number of fused-ring (bicyclic) bond motifs is 1. The lowest BCUT2D eigenvalue weighted by Gasteiger charge is -2.24. The average molecular weight is 443 g/mol. The van der Waals surface area contributed by atoms with Crippen molar-refractivity contribution >= 4 is 11.6 Å². The molecule has 0 fully saturated rings. The molecule has 10 nitrogen and oxygen atoms in total. The van der Waals surface area contributed by atoms with Gasteiger partial charge in [0.25, 0.3) is 11.6 Å². The van der Waals surface area contributed by atoms with Crippen molar-refractivity contribution in [3.05, 3.63) is 99.9 Å². The Labute approximate surface area is 189 Å². The summed E-state index contributed by atoms with van der Waals surface area (Å²) in [5.74, 6) is -0.364. The average Bonchev–Trinajstić information content (AvgIpc) is 3.51. The molecule has 1 aliphatic carbocycles. The molecule has 5 rings (SSSR count). The highest BCUT2D eigenvalue weighted by atomic mass is 16.6. The minimum atomic E-state index is -0.528. The zero-order valence-corrected chi connectivity index (χ0v) is 17.7. The van der Waals surface area contributed by atoms with Crippen molar-refractivity contribution < 1.29 is 9.72 Å². The maximum atomic E-state index is 13.0. The molecule has 0 radical (unpaired) electrons. The fourth-order valence-electron chi connectivity index (χ4n) is 4.24. The van der Waals surface area contributed by atoms with Gasteiger partial charge in [0, 0.05) is 22.9 Å². The Morgan fingerprint density at radius 1 is 1.18 bits per heavy atom. The Bertz CT molecular complexity index is 1300. The van der Waals surface area contributed by atoms with Crippen LogP contribution in [0.25, 0.3) is 5.69 Å². The lowest BCUT2D eigenvalue weighted by molar-refractivity contribution is -0.384. The summed E-state index contributed by atoms with van der Waals surface area (Å²) in [5, 5.41) is 23.1. The van der Waals surface area contributed by atoms with Crippen LogP contribution in [0.1, 0.15) is 46.1 Å². The molecule has 2 aromatic heterocycles. The van der Waals surface area contributed by atoms with Crippen LogP contribution >= 0.6 is 0 Å². The number of carbonyl (C=O) groups is 1. The third kappa shape index (κ3) is 4.10. The Morgan fingerprint density at radius 2 is 2.03 bits per heavy atom. The molecular formula is C23H21N7O3. The maximum Gasteiger partial charge on any atom is 0.295 e. The van der Waals surface area contributed by atoms with Crippen molar-refractivity contribution in [2.24, 2.45) is 0 Å². The fourth-order valence-corrected chi connectivity index (χ4v) is 4.24. The van der Waals surface area contributed by atoms with Crippen LogP contribution in [0.5, 0.6) is 0 Å². The lowest BCUT2D eigenvalue weighted by atomic mass is 9.92. The van der Waals surface area contributed by atoms with Crippen molar-refractivity contribution in [1.82, 2.24) is 29.9 Å². The van der Waals surface area contributed by atoms with E-state index in [1.54, 1.807) is 6.07 Å². The zero-order chi connectivity index (χ0) is 22.8. The Balaban J connectivity index is 1.37. The summed E-state index contributed by atoms with van der Waals surface area (Å²) in [6.45, 7) is 0.673. The van der Waals surface area contributed by atoms with Gasteiger partial charge in [0.2, 0.25) is 0 Å². The quantitative estimate of drug-likeness (QED) is 0.361. The van der Waals surface area contributed by atoms with E-state index in [2.05, 4.69) is 32.6 Å². The first kappa shape index (κ1) is 20.6. The van der Waals surface area contributed by atoms with E-state index in [4.69, 9.17) is 0 Å². The molecule has 0 aliphatic heterocycles. The van der Waals surface area contributed by atoms with Crippen LogP contribution in [0.3, 0.4) is 0 Å². The molecule has 0 spiro atoms. The molecule has 2 heterocycles. The number of nitrogens with zero attached hydrogens (tertiary/aromatic N) is 6. The number of nitro benzene ring substituents is 1. The number of hydrogen-bond acceptors (Lipinski definition) is 6. The van der Waals surface area contributed by atoms with Gasteiger partial charge >= 0.3 is 0 Å². The summed E-state index contributed by atoms with van der Waals surface area (Å²) in [6.07, 6.45) is 7.09. The van der Waals surface area contributed by atoms with Gasteiger partial charge in [-0.1, -0.05) is 30.3 Å². The van der Waals surface area contributed by atoms with E-state index < -0.39 is 4.92 Å². The number of nitrogens with one attached hydrogen (secondary N) is 1. The summed E-state index contributed by atoms with van der Waals surface area (Å²) in [7, 11) is 0. The van der Waals surface area contributed by atoms with E-state index in [0.717, 1.165) is 36.1 Å². The Morgan fingerprint density at radius 3 is 2.79 bits per heavy atom. The number of hydrogen-bond donors (Lipinski definition) is 1. The summed E-state index contributed by atoms with van der Waals surface area (Å²) in [6, 6.07) is 14.3. The third-order valence-electron chi connectivity index (χ3n) is 5.84. The van der Waals surface area contributed by atoms with E-state index >= 15 is 0 Å². The van der Waals surface area contributed by atoms with Gasteiger partial charge in [-0.3, -0.25) is 19.6 Å². The summed E-state index contributed by atoms with van der Waals surface area (Å²) >= 11 is 0. The molecule has 1 N–H and O–H groups in total. The highest BCUT2D eigenvalue weighted by molar-refractivity contribution is 5.95. The lowest BCUT2D eigenvalue weighted by Crippen LogP contribution is -2.31. The molecule has 4 aromatic rings. The number of rotatable bonds is 6. The summed E-state index contributed by atoms with van der Waals surface area (Å²) in [5.41, 5.74) is 3.52. The molecule has 10 heteroatoms. The largest absolute Gasteiger partial charge is 0.345 e. The first-order valence-electron chi connectivity index (χ1n) is 10.6. The van der Waals surface area contributed by atoms with Gasteiger partial charge in [-0.15, -0.1) is 0 Å². The van der Waals surface area contributed by atoms with Gasteiger partial charge in [0.15, 0.2) is 0 Å². The molecule has 0 saturated heterocycles. The second-order valence-corrected chi connectivity index (χ2v) is 7.91. The van der Waals surface area contributed by atoms with Crippen molar-refractivity contribution in [1.29, 1.82) is 0 Å². The Kier molecular flexibility index (Phi) is 5.39. The van der Waals surface area contributed by atoms with Gasteiger partial charge in [-0.2, -0.15) is 10.2 Å². The van der Waals surface area contributed by atoms with Crippen LogP contribution in [0.2, 0.25) is 0 Å². The number of carbonyl (C=O) groups excluding carboxylic acids is 1.